The zero-order valence-electron chi connectivity index (χ0n) is 17.0. The Morgan fingerprint density at radius 1 is 0.970 bits per heavy atom. The molecule has 7 nitrogen and oxygen atoms in total. The molecule has 0 saturated heterocycles. The summed E-state index contributed by atoms with van der Waals surface area (Å²) in [5.74, 6) is -0.478. The van der Waals surface area contributed by atoms with E-state index in [0.29, 0.717) is 10.2 Å². The fraction of sp³-hybridized carbons (Fsp3) is 0.0455. The molecule has 0 aliphatic heterocycles. The number of rotatable bonds is 5. The lowest BCUT2D eigenvalue weighted by atomic mass is 10.2. The van der Waals surface area contributed by atoms with Gasteiger partial charge >= 0.3 is 0 Å². The first kappa shape index (κ1) is 21.8. The van der Waals surface area contributed by atoms with Crippen LogP contribution < -0.4 is 10.0 Å². The van der Waals surface area contributed by atoms with Crippen molar-refractivity contribution in [3.05, 3.63) is 76.3 Å². The van der Waals surface area contributed by atoms with Gasteiger partial charge in [-0.05, 0) is 55.5 Å². The molecule has 5 rings (SSSR count). The van der Waals surface area contributed by atoms with Gasteiger partial charge in [0.25, 0.3) is 15.9 Å². The fourth-order valence-electron chi connectivity index (χ4n) is 3.29. The lowest BCUT2D eigenvalue weighted by Crippen LogP contribution is -2.18. The summed E-state index contributed by atoms with van der Waals surface area (Å²) in [4.78, 5) is 22.1. The minimum absolute atomic E-state index is 0.0378. The molecule has 2 heterocycles. The van der Waals surface area contributed by atoms with Gasteiger partial charge in [-0.2, -0.15) is 0 Å². The lowest BCUT2D eigenvalue weighted by Gasteiger charge is -2.12. The minimum Gasteiger partial charge on any atom is -0.298 e. The standard InChI is InChI=1S/C22H15ClN4O3S3/c1-12-24-19-18(31-12)11-10-17-20(19)32-22(25-17)26-21(28)15-4-2-3-5-16(15)27-33(29,30)14-8-6-13(23)7-9-14/h2-11,27H,1H3,(H,25,26,28). The molecule has 0 unspecified atom stereocenters. The highest BCUT2D eigenvalue weighted by Gasteiger charge is 2.20. The number of benzene rings is 3. The van der Waals surface area contributed by atoms with Crippen molar-refractivity contribution < 1.29 is 13.2 Å². The van der Waals surface area contributed by atoms with E-state index in [9.17, 15) is 13.2 Å². The maximum atomic E-state index is 13.0. The average Bonchev–Trinajstić information content (AvgIpc) is 3.36. The number of thiazole rings is 2. The maximum Gasteiger partial charge on any atom is 0.261 e. The normalized spacial score (nSPS) is 11.7. The molecule has 2 aromatic heterocycles. The number of hydrogen-bond donors (Lipinski definition) is 2. The van der Waals surface area contributed by atoms with Gasteiger partial charge in [-0.15, -0.1) is 11.3 Å². The summed E-state index contributed by atoms with van der Waals surface area (Å²) in [6.45, 7) is 1.95. The van der Waals surface area contributed by atoms with Gasteiger partial charge in [0.1, 0.15) is 5.52 Å². The quantitative estimate of drug-likeness (QED) is 0.303. The van der Waals surface area contributed by atoms with Crippen LogP contribution >= 0.6 is 34.3 Å². The lowest BCUT2D eigenvalue weighted by molar-refractivity contribution is 0.102. The smallest absolute Gasteiger partial charge is 0.261 e. The van der Waals surface area contributed by atoms with E-state index in [2.05, 4.69) is 20.0 Å². The van der Waals surface area contributed by atoms with Crippen molar-refractivity contribution in [3.63, 3.8) is 0 Å². The van der Waals surface area contributed by atoms with Crippen LogP contribution in [0.4, 0.5) is 10.8 Å². The van der Waals surface area contributed by atoms with Gasteiger partial charge in [-0.1, -0.05) is 35.1 Å². The summed E-state index contributed by atoms with van der Waals surface area (Å²) < 4.78 is 30.0. The van der Waals surface area contributed by atoms with Gasteiger partial charge in [0.2, 0.25) is 0 Å². The van der Waals surface area contributed by atoms with E-state index >= 15 is 0 Å². The first-order chi connectivity index (χ1) is 15.8. The third-order valence-electron chi connectivity index (χ3n) is 4.78. The summed E-state index contributed by atoms with van der Waals surface area (Å²) >= 11 is 8.78. The number of fused-ring (bicyclic) bond motifs is 3. The number of aryl methyl sites for hydroxylation is 1. The zero-order valence-corrected chi connectivity index (χ0v) is 20.2. The molecule has 0 radical (unpaired) electrons. The molecule has 5 aromatic rings. The summed E-state index contributed by atoms with van der Waals surface area (Å²) in [5.41, 5.74) is 1.93. The predicted octanol–water partition coefficient (Wildman–Crippen LogP) is 5.92. The second-order valence-corrected chi connectivity index (χ2v) is 11.4. The Kier molecular flexibility index (Phi) is 5.53. The molecule has 0 bridgehead atoms. The van der Waals surface area contributed by atoms with E-state index < -0.39 is 15.9 Å². The summed E-state index contributed by atoms with van der Waals surface area (Å²) in [6.07, 6.45) is 0. The molecule has 0 atom stereocenters. The van der Waals surface area contributed by atoms with Crippen LogP contribution in [-0.4, -0.2) is 24.3 Å². The number of nitrogens with one attached hydrogen (secondary N) is 2. The Bertz CT molecular complexity index is 1630. The van der Waals surface area contributed by atoms with E-state index in [1.807, 2.05) is 19.1 Å². The van der Waals surface area contributed by atoms with Gasteiger partial charge in [0.15, 0.2) is 5.13 Å². The monoisotopic (exact) mass is 514 g/mol. The fourth-order valence-corrected chi connectivity index (χ4v) is 6.35. The zero-order chi connectivity index (χ0) is 23.2. The molecule has 2 N–H and O–H groups in total. The molecule has 1 amide bonds. The number of carbonyl (C=O) groups is 1. The second-order valence-electron chi connectivity index (χ2n) is 7.07. The highest BCUT2D eigenvalue weighted by Crippen LogP contribution is 2.35. The Hall–Kier alpha value is -3.05. The third kappa shape index (κ3) is 4.30. The Labute approximate surface area is 202 Å². The first-order valence-corrected chi connectivity index (χ1v) is 13.1. The van der Waals surface area contributed by atoms with Crippen molar-refractivity contribution in [1.29, 1.82) is 0 Å². The number of amides is 1. The third-order valence-corrected chi connectivity index (χ3v) is 8.34. The summed E-state index contributed by atoms with van der Waals surface area (Å²) in [5, 5.41) is 4.57. The molecular formula is C22H15ClN4O3S3. The van der Waals surface area contributed by atoms with E-state index in [0.717, 1.165) is 25.4 Å². The number of anilines is 2. The van der Waals surface area contributed by atoms with Crippen molar-refractivity contribution in [1.82, 2.24) is 9.97 Å². The van der Waals surface area contributed by atoms with Crippen molar-refractivity contribution in [3.8, 4) is 0 Å². The largest absolute Gasteiger partial charge is 0.298 e. The van der Waals surface area contributed by atoms with Gasteiger partial charge in [-0.25, -0.2) is 18.4 Å². The Morgan fingerprint density at radius 3 is 2.52 bits per heavy atom. The molecule has 33 heavy (non-hydrogen) atoms. The topological polar surface area (TPSA) is 101 Å². The summed E-state index contributed by atoms with van der Waals surface area (Å²) in [7, 11) is -3.91. The van der Waals surface area contributed by atoms with Crippen LogP contribution in [0.1, 0.15) is 15.4 Å². The maximum absolute atomic E-state index is 13.0. The molecule has 0 aliphatic rings. The van der Waals surface area contributed by atoms with Gasteiger partial charge in [-0.3, -0.25) is 14.8 Å². The van der Waals surface area contributed by atoms with Crippen molar-refractivity contribution in [2.75, 3.05) is 10.0 Å². The summed E-state index contributed by atoms with van der Waals surface area (Å²) in [6, 6.07) is 16.0. The molecule has 11 heteroatoms. The van der Waals surface area contributed by atoms with Crippen LogP contribution in [-0.2, 0) is 10.0 Å². The highest BCUT2D eigenvalue weighted by molar-refractivity contribution is 7.92. The molecule has 166 valence electrons. The number of sulfonamides is 1. The van der Waals surface area contributed by atoms with Crippen molar-refractivity contribution >= 4 is 81.5 Å². The van der Waals surface area contributed by atoms with E-state index in [1.165, 1.54) is 41.7 Å². The number of aromatic nitrogens is 2. The number of halogens is 1. The molecule has 0 fully saturated rings. The SMILES string of the molecule is Cc1nc2c(ccc3nc(NC(=O)c4ccccc4NS(=O)(=O)c4ccc(Cl)cc4)sc32)s1. The number of hydrogen-bond acceptors (Lipinski definition) is 7. The van der Waals surface area contributed by atoms with E-state index in [-0.39, 0.29) is 16.1 Å². The molecular weight excluding hydrogens is 500 g/mol. The van der Waals surface area contributed by atoms with Crippen LogP contribution in [0.15, 0.2) is 65.6 Å². The number of para-hydroxylation sites is 1. The second kappa shape index (κ2) is 8.38. The van der Waals surface area contributed by atoms with Crippen LogP contribution in [0.2, 0.25) is 5.02 Å². The van der Waals surface area contributed by atoms with Crippen LogP contribution in [0, 0.1) is 6.92 Å². The highest BCUT2D eigenvalue weighted by atomic mass is 35.5. The van der Waals surface area contributed by atoms with Crippen molar-refractivity contribution in [2.45, 2.75) is 11.8 Å². The van der Waals surface area contributed by atoms with Crippen LogP contribution in [0.3, 0.4) is 0 Å². The average molecular weight is 515 g/mol. The Morgan fingerprint density at radius 2 is 1.73 bits per heavy atom. The van der Waals surface area contributed by atoms with Crippen LogP contribution in [0.25, 0.3) is 20.4 Å². The number of nitrogens with zero attached hydrogens (tertiary/aromatic N) is 2. The molecule has 0 saturated carbocycles. The number of carbonyl (C=O) groups excluding carboxylic acids is 1. The van der Waals surface area contributed by atoms with E-state index in [4.69, 9.17) is 11.6 Å². The van der Waals surface area contributed by atoms with Gasteiger partial charge < -0.3 is 0 Å². The minimum atomic E-state index is -3.91. The molecule has 3 aromatic carbocycles. The molecule has 0 aliphatic carbocycles. The van der Waals surface area contributed by atoms with Gasteiger partial charge in [0.05, 0.1) is 36.1 Å². The predicted molar refractivity (Wildman–Crippen MR) is 134 cm³/mol. The Balaban J connectivity index is 1.44. The van der Waals surface area contributed by atoms with E-state index in [1.54, 1.807) is 29.5 Å². The van der Waals surface area contributed by atoms with Crippen LogP contribution in [0.5, 0.6) is 0 Å². The van der Waals surface area contributed by atoms with Crippen molar-refractivity contribution in [2.24, 2.45) is 0 Å². The first-order valence-electron chi connectivity index (χ1n) is 9.66. The molecule has 0 spiro atoms. The van der Waals surface area contributed by atoms with Gasteiger partial charge in [0, 0.05) is 5.02 Å².